The van der Waals surface area contributed by atoms with Crippen molar-refractivity contribution < 1.29 is 9.59 Å². The summed E-state index contributed by atoms with van der Waals surface area (Å²) in [5.74, 6) is -0.557. The number of nitrogens with one attached hydrogen (secondary N) is 2. The van der Waals surface area contributed by atoms with Crippen molar-refractivity contribution in [1.29, 1.82) is 0 Å². The molecule has 6 nitrogen and oxygen atoms in total. The lowest BCUT2D eigenvalue weighted by Gasteiger charge is -2.07. The van der Waals surface area contributed by atoms with Gasteiger partial charge < -0.3 is 5.32 Å². The van der Waals surface area contributed by atoms with Crippen LogP contribution in [0.4, 0.5) is 10.8 Å². The molecular weight excluding hydrogens is 324 g/mol. The molecule has 120 valence electrons. The molecule has 0 atom stereocenters. The maximum Gasteiger partial charge on any atom is 0.257 e. The molecule has 0 radical (unpaired) electrons. The number of benzene rings is 1. The van der Waals surface area contributed by atoms with E-state index < -0.39 is 0 Å². The van der Waals surface area contributed by atoms with Crippen LogP contribution in [0.5, 0.6) is 0 Å². The number of hydrogen-bond acceptors (Lipinski definition) is 5. The predicted molar refractivity (Wildman–Crippen MR) is 93.4 cm³/mol. The molecule has 0 spiro atoms. The Morgan fingerprint density at radius 3 is 2.50 bits per heavy atom. The lowest BCUT2D eigenvalue weighted by atomic mass is 10.2. The Bertz CT molecular complexity index is 877. The van der Waals surface area contributed by atoms with Gasteiger partial charge >= 0.3 is 0 Å². The minimum absolute atomic E-state index is 0.276. The van der Waals surface area contributed by atoms with Crippen molar-refractivity contribution >= 4 is 34.0 Å². The highest BCUT2D eigenvalue weighted by Gasteiger charge is 2.11. The highest BCUT2D eigenvalue weighted by atomic mass is 32.1. The number of carbonyl (C=O) groups excluding carboxylic acids is 2. The first kappa shape index (κ1) is 15.8. The summed E-state index contributed by atoms with van der Waals surface area (Å²) in [5.41, 5.74) is 1.42. The lowest BCUT2D eigenvalue weighted by molar-refractivity contribution is 0.101. The van der Waals surface area contributed by atoms with E-state index in [0.717, 1.165) is 4.88 Å². The van der Waals surface area contributed by atoms with Crippen LogP contribution in [0.3, 0.4) is 0 Å². The Morgan fingerprint density at radius 1 is 1.00 bits per heavy atom. The molecule has 0 bridgehead atoms. The molecule has 0 fully saturated rings. The van der Waals surface area contributed by atoms with E-state index in [9.17, 15) is 9.59 Å². The van der Waals surface area contributed by atoms with Gasteiger partial charge in [-0.2, -0.15) is 0 Å². The molecule has 0 saturated heterocycles. The number of amides is 2. The fourth-order valence-corrected chi connectivity index (χ4v) is 2.68. The Kier molecular flexibility index (Phi) is 4.62. The molecule has 2 amide bonds. The first-order valence-electron chi connectivity index (χ1n) is 7.17. The standard InChI is InChI=1S/C17H14N4O2S/c1-11-9-19-17(24-11)21-15(22)12-4-2-6-14(8-12)20-16(23)13-5-3-7-18-10-13/h2-10H,1H3,(H,20,23)(H,19,21,22). The molecule has 0 aliphatic rings. The molecule has 2 heterocycles. The van der Waals surface area contributed by atoms with Crippen molar-refractivity contribution in [3.63, 3.8) is 0 Å². The number of hydrogen-bond donors (Lipinski definition) is 2. The highest BCUT2D eigenvalue weighted by molar-refractivity contribution is 7.15. The van der Waals surface area contributed by atoms with E-state index in [1.807, 2.05) is 6.92 Å². The van der Waals surface area contributed by atoms with Crippen LogP contribution in [-0.2, 0) is 0 Å². The third-order valence-electron chi connectivity index (χ3n) is 3.15. The zero-order valence-corrected chi connectivity index (χ0v) is 13.6. The number of rotatable bonds is 4. The molecular formula is C17H14N4O2S. The van der Waals surface area contributed by atoms with Crippen LogP contribution >= 0.6 is 11.3 Å². The highest BCUT2D eigenvalue weighted by Crippen LogP contribution is 2.18. The molecule has 0 aliphatic heterocycles. The number of anilines is 2. The molecule has 2 aromatic heterocycles. The fourth-order valence-electron chi connectivity index (χ4n) is 2.02. The van der Waals surface area contributed by atoms with Crippen molar-refractivity contribution in [2.45, 2.75) is 6.92 Å². The minimum atomic E-state index is -0.281. The van der Waals surface area contributed by atoms with Crippen LogP contribution in [0.1, 0.15) is 25.6 Å². The predicted octanol–water partition coefficient (Wildman–Crippen LogP) is 3.35. The van der Waals surface area contributed by atoms with Crippen LogP contribution in [0, 0.1) is 6.92 Å². The van der Waals surface area contributed by atoms with Gasteiger partial charge in [-0.1, -0.05) is 6.07 Å². The van der Waals surface area contributed by atoms with E-state index >= 15 is 0 Å². The third-order valence-corrected chi connectivity index (χ3v) is 3.98. The molecule has 24 heavy (non-hydrogen) atoms. The molecule has 0 aliphatic carbocycles. The summed E-state index contributed by atoms with van der Waals surface area (Å²) in [7, 11) is 0. The van der Waals surface area contributed by atoms with Crippen molar-refractivity contribution in [1.82, 2.24) is 9.97 Å². The molecule has 0 saturated carbocycles. The second-order valence-electron chi connectivity index (χ2n) is 5.01. The third kappa shape index (κ3) is 3.82. The van der Waals surface area contributed by atoms with Gasteiger partial charge in [0.2, 0.25) is 0 Å². The van der Waals surface area contributed by atoms with Crippen LogP contribution < -0.4 is 10.6 Å². The van der Waals surface area contributed by atoms with Gasteiger partial charge in [-0.05, 0) is 37.3 Å². The molecule has 7 heteroatoms. The average molecular weight is 338 g/mol. The topological polar surface area (TPSA) is 84.0 Å². The Morgan fingerprint density at radius 2 is 1.79 bits per heavy atom. The van der Waals surface area contributed by atoms with E-state index in [4.69, 9.17) is 0 Å². The second-order valence-corrected chi connectivity index (χ2v) is 6.24. The Balaban J connectivity index is 1.72. The molecule has 3 rings (SSSR count). The molecule has 3 aromatic rings. The first-order chi connectivity index (χ1) is 11.6. The minimum Gasteiger partial charge on any atom is -0.322 e. The monoisotopic (exact) mass is 338 g/mol. The number of aromatic nitrogens is 2. The van der Waals surface area contributed by atoms with E-state index in [2.05, 4.69) is 20.6 Å². The summed E-state index contributed by atoms with van der Waals surface area (Å²) in [5, 5.41) is 6.03. The summed E-state index contributed by atoms with van der Waals surface area (Å²) in [6, 6.07) is 10.1. The van der Waals surface area contributed by atoms with Gasteiger partial charge in [0, 0.05) is 34.7 Å². The maximum absolute atomic E-state index is 12.3. The largest absolute Gasteiger partial charge is 0.322 e. The maximum atomic E-state index is 12.3. The fraction of sp³-hybridized carbons (Fsp3) is 0.0588. The summed E-state index contributed by atoms with van der Waals surface area (Å²) in [6.45, 7) is 1.92. The normalized spacial score (nSPS) is 10.2. The summed E-state index contributed by atoms with van der Waals surface area (Å²) in [4.78, 5) is 33.4. The number of nitrogens with zero attached hydrogens (tertiary/aromatic N) is 2. The van der Waals surface area contributed by atoms with E-state index in [1.54, 1.807) is 48.8 Å². The zero-order chi connectivity index (χ0) is 16.9. The van der Waals surface area contributed by atoms with Crippen molar-refractivity contribution in [2.75, 3.05) is 10.6 Å². The van der Waals surface area contributed by atoms with E-state index in [-0.39, 0.29) is 11.8 Å². The van der Waals surface area contributed by atoms with Gasteiger partial charge in [-0.15, -0.1) is 11.3 Å². The lowest BCUT2D eigenvalue weighted by Crippen LogP contribution is -2.14. The van der Waals surface area contributed by atoms with E-state index in [1.165, 1.54) is 17.5 Å². The summed E-state index contributed by atoms with van der Waals surface area (Å²) in [6.07, 6.45) is 4.78. The van der Waals surface area contributed by atoms with E-state index in [0.29, 0.717) is 21.9 Å². The van der Waals surface area contributed by atoms with Crippen LogP contribution in [-0.4, -0.2) is 21.8 Å². The average Bonchev–Trinajstić information content (AvgIpc) is 3.00. The second kappa shape index (κ2) is 7.01. The van der Waals surface area contributed by atoms with Crippen molar-refractivity contribution in [3.8, 4) is 0 Å². The first-order valence-corrected chi connectivity index (χ1v) is 7.99. The number of pyridine rings is 1. The van der Waals surface area contributed by atoms with Crippen molar-refractivity contribution in [3.05, 3.63) is 71.0 Å². The van der Waals surface area contributed by atoms with Gasteiger partial charge in [-0.3, -0.25) is 19.9 Å². The zero-order valence-electron chi connectivity index (χ0n) is 12.8. The van der Waals surface area contributed by atoms with Crippen LogP contribution in [0.15, 0.2) is 55.0 Å². The molecule has 1 aromatic carbocycles. The quantitative estimate of drug-likeness (QED) is 0.764. The molecule has 2 N–H and O–H groups in total. The van der Waals surface area contributed by atoms with Gasteiger partial charge in [-0.25, -0.2) is 4.98 Å². The summed E-state index contributed by atoms with van der Waals surface area (Å²) >= 11 is 1.40. The smallest absolute Gasteiger partial charge is 0.257 e. The number of aryl methyl sites for hydroxylation is 1. The van der Waals surface area contributed by atoms with Gasteiger partial charge in [0.25, 0.3) is 11.8 Å². The molecule has 0 unspecified atom stereocenters. The number of carbonyl (C=O) groups is 2. The van der Waals surface area contributed by atoms with Crippen molar-refractivity contribution in [2.24, 2.45) is 0 Å². The summed E-state index contributed by atoms with van der Waals surface area (Å²) < 4.78 is 0. The van der Waals surface area contributed by atoms with Gasteiger partial charge in [0.05, 0.1) is 5.56 Å². The van der Waals surface area contributed by atoms with Gasteiger partial charge in [0.15, 0.2) is 5.13 Å². The Hall–Kier alpha value is -3.06. The van der Waals surface area contributed by atoms with Crippen LogP contribution in [0.2, 0.25) is 0 Å². The SMILES string of the molecule is Cc1cnc(NC(=O)c2cccc(NC(=O)c3cccnc3)c2)s1. The van der Waals surface area contributed by atoms with Crippen LogP contribution in [0.25, 0.3) is 0 Å². The Labute approximate surface area is 142 Å². The van der Waals surface area contributed by atoms with Gasteiger partial charge in [0.1, 0.15) is 0 Å². The number of thiazole rings is 1.